The molecule has 1 aliphatic rings. The van der Waals surface area contributed by atoms with E-state index in [1.54, 1.807) is 0 Å². The molecular weight excluding hydrogens is 248 g/mol. The highest BCUT2D eigenvalue weighted by Crippen LogP contribution is 2.24. The second-order valence-electron chi connectivity index (χ2n) is 6.04. The number of amides is 1. The highest BCUT2D eigenvalue weighted by Gasteiger charge is 2.14. The van der Waals surface area contributed by atoms with E-state index in [2.05, 4.69) is 23.5 Å². The third-order valence-electron chi connectivity index (χ3n) is 4.08. The lowest BCUT2D eigenvalue weighted by Crippen LogP contribution is -2.28. The van der Waals surface area contributed by atoms with Gasteiger partial charge in [-0.3, -0.25) is 4.79 Å². The predicted molar refractivity (Wildman–Crippen MR) is 82.5 cm³/mol. The summed E-state index contributed by atoms with van der Waals surface area (Å²) < 4.78 is 0. The first-order valence-corrected chi connectivity index (χ1v) is 7.73. The minimum Gasteiger partial charge on any atom is -0.350 e. The van der Waals surface area contributed by atoms with Crippen molar-refractivity contribution in [2.45, 2.75) is 64.5 Å². The predicted octanol–water partition coefficient (Wildman–Crippen LogP) is 2.87. The molecule has 3 heteroatoms. The van der Waals surface area contributed by atoms with Gasteiger partial charge < -0.3 is 11.1 Å². The molecule has 3 nitrogen and oxygen atoms in total. The van der Waals surface area contributed by atoms with Crippen molar-refractivity contribution in [3.8, 4) is 0 Å². The van der Waals surface area contributed by atoms with Crippen LogP contribution in [0.15, 0.2) is 18.2 Å². The standard InChI is InChI=1S/C17H26N2O/c1-12(18)7-10-17(20)19-13(2)15-9-8-14-5-3-4-6-16(14)11-15/h8-9,11-13H,3-7,10,18H2,1-2H3,(H,19,20). The Balaban J connectivity index is 1.95. The second-order valence-corrected chi connectivity index (χ2v) is 6.04. The average molecular weight is 274 g/mol. The van der Waals surface area contributed by atoms with Crippen LogP contribution in [0.4, 0.5) is 0 Å². The van der Waals surface area contributed by atoms with E-state index >= 15 is 0 Å². The second kappa shape index (κ2) is 6.89. The summed E-state index contributed by atoms with van der Waals surface area (Å²) in [6.07, 6.45) is 6.20. The first-order valence-electron chi connectivity index (χ1n) is 7.73. The molecule has 1 aromatic rings. The molecule has 2 rings (SSSR count). The minimum absolute atomic E-state index is 0.0720. The Morgan fingerprint density at radius 2 is 1.95 bits per heavy atom. The zero-order valence-electron chi connectivity index (χ0n) is 12.6. The molecule has 1 aromatic carbocycles. The molecule has 0 radical (unpaired) electrons. The van der Waals surface area contributed by atoms with E-state index in [0.29, 0.717) is 6.42 Å². The largest absolute Gasteiger partial charge is 0.350 e. The fourth-order valence-electron chi connectivity index (χ4n) is 2.78. The van der Waals surface area contributed by atoms with E-state index < -0.39 is 0 Å². The third kappa shape index (κ3) is 4.07. The monoisotopic (exact) mass is 274 g/mol. The van der Waals surface area contributed by atoms with Crippen LogP contribution >= 0.6 is 0 Å². The fourth-order valence-corrected chi connectivity index (χ4v) is 2.78. The molecule has 0 saturated heterocycles. The van der Waals surface area contributed by atoms with Gasteiger partial charge in [-0.05, 0) is 62.6 Å². The molecule has 2 unspecified atom stereocenters. The van der Waals surface area contributed by atoms with Gasteiger partial charge in [0.05, 0.1) is 6.04 Å². The summed E-state index contributed by atoms with van der Waals surface area (Å²) in [4.78, 5) is 11.9. The first kappa shape index (κ1) is 15.0. The number of benzene rings is 1. The molecule has 20 heavy (non-hydrogen) atoms. The lowest BCUT2D eigenvalue weighted by Gasteiger charge is -2.20. The van der Waals surface area contributed by atoms with Crippen molar-refractivity contribution in [1.29, 1.82) is 0 Å². The molecule has 0 spiro atoms. The van der Waals surface area contributed by atoms with E-state index in [1.807, 2.05) is 13.8 Å². The van der Waals surface area contributed by atoms with E-state index in [4.69, 9.17) is 5.73 Å². The Bertz CT molecular complexity index is 468. The molecule has 0 fully saturated rings. The van der Waals surface area contributed by atoms with Crippen LogP contribution < -0.4 is 11.1 Å². The Morgan fingerprint density at radius 3 is 2.65 bits per heavy atom. The van der Waals surface area contributed by atoms with Crippen LogP contribution in [0, 0.1) is 0 Å². The van der Waals surface area contributed by atoms with Crippen LogP contribution in [0.2, 0.25) is 0 Å². The molecule has 110 valence electrons. The number of carbonyl (C=O) groups excluding carboxylic acids is 1. The van der Waals surface area contributed by atoms with Crippen molar-refractivity contribution in [2.24, 2.45) is 5.73 Å². The highest BCUT2D eigenvalue weighted by molar-refractivity contribution is 5.76. The molecule has 0 aliphatic heterocycles. The van der Waals surface area contributed by atoms with Gasteiger partial charge in [-0.25, -0.2) is 0 Å². The maximum atomic E-state index is 11.9. The molecule has 0 saturated carbocycles. The van der Waals surface area contributed by atoms with E-state index in [0.717, 1.165) is 6.42 Å². The van der Waals surface area contributed by atoms with Crippen LogP contribution in [0.3, 0.4) is 0 Å². The number of hydrogen-bond acceptors (Lipinski definition) is 2. The fraction of sp³-hybridized carbons (Fsp3) is 0.588. The highest BCUT2D eigenvalue weighted by atomic mass is 16.1. The summed E-state index contributed by atoms with van der Waals surface area (Å²) in [5, 5.41) is 3.06. The molecule has 2 atom stereocenters. The molecule has 1 aliphatic carbocycles. The van der Waals surface area contributed by atoms with Gasteiger partial charge in [-0.15, -0.1) is 0 Å². The Kier molecular flexibility index (Phi) is 5.18. The van der Waals surface area contributed by atoms with Crippen molar-refractivity contribution in [3.63, 3.8) is 0 Å². The number of fused-ring (bicyclic) bond motifs is 1. The van der Waals surface area contributed by atoms with Gasteiger partial charge in [0.15, 0.2) is 0 Å². The molecular formula is C17H26N2O. The molecule has 0 bridgehead atoms. The summed E-state index contributed by atoms with van der Waals surface area (Å²) >= 11 is 0. The van der Waals surface area contributed by atoms with Gasteiger partial charge in [0.2, 0.25) is 5.91 Å². The van der Waals surface area contributed by atoms with Crippen molar-refractivity contribution >= 4 is 5.91 Å². The number of nitrogens with one attached hydrogen (secondary N) is 1. The first-order chi connectivity index (χ1) is 9.56. The molecule has 0 aromatic heterocycles. The van der Waals surface area contributed by atoms with Crippen molar-refractivity contribution in [1.82, 2.24) is 5.32 Å². The zero-order valence-corrected chi connectivity index (χ0v) is 12.6. The normalized spacial score (nSPS) is 17.1. The van der Waals surface area contributed by atoms with Crippen LogP contribution in [0.25, 0.3) is 0 Å². The van der Waals surface area contributed by atoms with Crippen LogP contribution in [-0.2, 0) is 17.6 Å². The van der Waals surface area contributed by atoms with Crippen LogP contribution in [-0.4, -0.2) is 11.9 Å². The summed E-state index contributed by atoms with van der Waals surface area (Å²) in [7, 11) is 0. The molecule has 0 heterocycles. The summed E-state index contributed by atoms with van der Waals surface area (Å²) in [5.74, 6) is 0.0903. The SMILES string of the molecule is CC(N)CCC(=O)NC(C)c1ccc2c(c1)CCCC2. The van der Waals surface area contributed by atoms with E-state index in [1.165, 1.54) is 42.4 Å². The topological polar surface area (TPSA) is 55.1 Å². The summed E-state index contributed by atoms with van der Waals surface area (Å²) in [5.41, 5.74) is 9.83. The quantitative estimate of drug-likeness (QED) is 0.867. The summed E-state index contributed by atoms with van der Waals surface area (Å²) in [6.45, 7) is 3.98. The Hall–Kier alpha value is -1.35. The maximum absolute atomic E-state index is 11.9. The smallest absolute Gasteiger partial charge is 0.220 e. The van der Waals surface area contributed by atoms with Gasteiger partial charge in [0, 0.05) is 12.5 Å². The average Bonchev–Trinajstić information content (AvgIpc) is 2.44. The number of aryl methyl sites for hydroxylation is 2. The van der Waals surface area contributed by atoms with Crippen molar-refractivity contribution in [3.05, 3.63) is 34.9 Å². The lowest BCUT2D eigenvalue weighted by molar-refractivity contribution is -0.121. The van der Waals surface area contributed by atoms with Gasteiger partial charge >= 0.3 is 0 Å². The number of rotatable bonds is 5. The third-order valence-corrected chi connectivity index (χ3v) is 4.08. The Morgan fingerprint density at radius 1 is 1.25 bits per heavy atom. The zero-order chi connectivity index (χ0) is 14.5. The van der Waals surface area contributed by atoms with Crippen LogP contribution in [0.5, 0.6) is 0 Å². The van der Waals surface area contributed by atoms with Gasteiger partial charge in [0.1, 0.15) is 0 Å². The number of nitrogens with two attached hydrogens (primary N) is 1. The van der Waals surface area contributed by atoms with Gasteiger partial charge in [0.25, 0.3) is 0 Å². The van der Waals surface area contributed by atoms with Gasteiger partial charge in [-0.1, -0.05) is 18.2 Å². The van der Waals surface area contributed by atoms with Crippen molar-refractivity contribution in [2.75, 3.05) is 0 Å². The number of carbonyl (C=O) groups is 1. The minimum atomic E-state index is 0.0720. The van der Waals surface area contributed by atoms with Crippen molar-refractivity contribution < 1.29 is 4.79 Å². The van der Waals surface area contributed by atoms with E-state index in [9.17, 15) is 4.79 Å². The maximum Gasteiger partial charge on any atom is 0.220 e. The number of hydrogen-bond donors (Lipinski definition) is 2. The summed E-state index contributed by atoms with van der Waals surface area (Å²) in [6, 6.07) is 6.81. The van der Waals surface area contributed by atoms with Gasteiger partial charge in [-0.2, -0.15) is 0 Å². The lowest BCUT2D eigenvalue weighted by atomic mass is 9.89. The molecule has 3 N–H and O–H groups in total. The molecule has 1 amide bonds. The van der Waals surface area contributed by atoms with Crippen LogP contribution in [0.1, 0.15) is 62.3 Å². The van der Waals surface area contributed by atoms with E-state index in [-0.39, 0.29) is 18.0 Å². The Labute approximate surface area is 121 Å².